The molecule has 2 N–H and O–H groups in total. The van der Waals surface area contributed by atoms with E-state index < -0.39 is 0 Å². The predicted octanol–water partition coefficient (Wildman–Crippen LogP) is 3.17. The lowest BCUT2D eigenvalue weighted by molar-refractivity contribution is 0.166. The summed E-state index contributed by atoms with van der Waals surface area (Å²) in [6, 6.07) is 0. The van der Waals surface area contributed by atoms with Gasteiger partial charge in [0.25, 0.3) is 0 Å². The number of nitrogens with zero attached hydrogens (tertiary/aromatic N) is 4. The number of hydrogen-bond acceptors (Lipinski definition) is 4. The minimum Gasteiger partial charge on any atom is -0.444 e. The summed E-state index contributed by atoms with van der Waals surface area (Å²) in [5.74, 6) is 3.99. The number of rotatable bonds is 4. The van der Waals surface area contributed by atoms with Crippen LogP contribution in [0.2, 0.25) is 0 Å². The van der Waals surface area contributed by atoms with Gasteiger partial charge in [-0.05, 0) is 64.5 Å². The minimum absolute atomic E-state index is 0. The molecule has 1 aromatic rings. The van der Waals surface area contributed by atoms with Crippen molar-refractivity contribution < 1.29 is 4.42 Å². The Balaban J connectivity index is 0.00000243. The van der Waals surface area contributed by atoms with E-state index in [0.717, 1.165) is 68.5 Å². The number of halogens is 1. The van der Waals surface area contributed by atoms with Crippen LogP contribution < -0.4 is 5.73 Å². The number of guanidine groups is 1. The highest BCUT2D eigenvalue weighted by Crippen LogP contribution is 2.20. The maximum absolute atomic E-state index is 6.20. The first-order chi connectivity index (χ1) is 12.0. The van der Waals surface area contributed by atoms with Gasteiger partial charge in [0, 0.05) is 19.6 Å². The zero-order valence-corrected chi connectivity index (χ0v) is 18.7. The summed E-state index contributed by atoms with van der Waals surface area (Å²) in [5, 5.41) is 0. The molecule has 2 fully saturated rings. The van der Waals surface area contributed by atoms with Crippen LogP contribution in [0.4, 0.5) is 0 Å². The molecule has 0 radical (unpaired) electrons. The van der Waals surface area contributed by atoms with Gasteiger partial charge >= 0.3 is 0 Å². The van der Waals surface area contributed by atoms with Crippen molar-refractivity contribution in [2.75, 3.05) is 32.7 Å². The summed E-state index contributed by atoms with van der Waals surface area (Å²) in [6.45, 7) is 12.3. The molecular weight excluding hydrogens is 441 g/mol. The Morgan fingerprint density at radius 3 is 2.38 bits per heavy atom. The molecule has 0 aliphatic carbocycles. The summed E-state index contributed by atoms with van der Waals surface area (Å²) in [6.07, 6.45) is 4.81. The van der Waals surface area contributed by atoms with E-state index in [0.29, 0.717) is 5.92 Å². The molecular formula is C19H34IN5O. The Morgan fingerprint density at radius 2 is 1.81 bits per heavy atom. The number of oxazole rings is 1. The minimum atomic E-state index is 0. The van der Waals surface area contributed by atoms with Crippen LogP contribution >= 0.6 is 24.0 Å². The van der Waals surface area contributed by atoms with E-state index in [4.69, 9.17) is 15.1 Å². The van der Waals surface area contributed by atoms with Crippen LogP contribution in [-0.2, 0) is 6.54 Å². The van der Waals surface area contributed by atoms with Gasteiger partial charge in [-0.15, -0.1) is 24.0 Å². The molecule has 0 atom stereocenters. The number of nitrogens with two attached hydrogens (primary N) is 1. The van der Waals surface area contributed by atoms with Crippen molar-refractivity contribution in [1.29, 1.82) is 0 Å². The Hall–Kier alpha value is -0.830. The molecule has 0 aromatic carbocycles. The van der Waals surface area contributed by atoms with E-state index in [1.165, 1.54) is 25.7 Å². The first-order valence-corrected chi connectivity index (χ1v) is 9.71. The molecule has 3 heterocycles. The number of aliphatic imine (C=N–C) groups is 1. The van der Waals surface area contributed by atoms with Crippen molar-refractivity contribution in [2.45, 2.75) is 53.0 Å². The average Bonchev–Trinajstić information content (AvgIpc) is 2.92. The van der Waals surface area contributed by atoms with Gasteiger partial charge in [-0.3, -0.25) is 9.89 Å². The highest BCUT2D eigenvalue weighted by atomic mass is 127. The first kappa shape index (κ1) is 21.5. The van der Waals surface area contributed by atoms with Gasteiger partial charge in [-0.2, -0.15) is 0 Å². The molecule has 6 nitrogen and oxygen atoms in total. The number of aromatic nitrogens is 1. The molecule has 0 saturated carbocycles. The monoisotopic (exact) mass is 475 g/mol. The average molecular weight is 475 g/mol. The molecule has 26 heavy (non-hydrogen) atoms. The molecule has 0 bridgehead atoms. The molecule has 2 saturated heterocycles. The molecule has 2 aliphatic rings. The van der Waals surface area contributed by atoms with Crippen molar-refractivity contribution in [3.8, 4) is 0 Å². The van der Waals surface area contributed by atoms with Gasteiger partial charge in [-0.25, -0.2) is 4.98 Å². The van der Waals surface area contributed by atoms with Gasteiger partial charge in [-0.1, -0.05) is 6.92 Å². The summed E-state index contributed by atoms with van der Waals surface area (Å²) in [7, 11) is 0. The third-order valence-electron chi connectivity index (χ3n) is 5.76. The fourth-order valence-corrected chi connectivity index (χ4v) is 3.69. The fourth-order valence-electron chi connectivity index (χ4n) is 3.69. The van der Waals surface area contributed by atoms with Crippen LogP contribution in [-0.4, -0.2) is 53.5 Å². The highest BCUT2D eigenvalue weighted by molar-refractivity contribution is 14.0. The fraction of sp³-hybridized carbons (Fsp3) is 0.789. The second-order valence-electron chi connectivity index (χ2n) is 7.84. The zero-order valence-electron chi connectivity index (χ0n) is 16.4. The number of hydrogen-bond donors (Lipinski definition) is 1. The SMILES string of the molecule is Cc1nc(CN2CCC(CN=C(N)N3CCC(C)CC3)CC2)oc1C.I. The first-order valence-electron chi connectivity index (χ1n) is 9.71. The smallest absolute Gasteiger partial charge is 0.208 e. The lowest BCUT2D eigenvalue weighted by Gasteiger charge is -2.32. The van der Waals surface area contributed by atoms with E-state index in [9.17, 15) is 0 Å². The quantitative estimate of drug-likeness (QED) is 0.412. The molecule has 0 spiro atoms. The Bertz CT molecular complexity index is 567. The highest BCUT2D eigenvalue weighted by Gasteiger charge is 2.22. The topological polar surface area (TPSA) is 70.9 Å². The van der Waals surface area contributed by atoms with Gasteiger partial charge < -0.3 is 15.1 Å². The summed E-state index contributed by atoms with van der Waals surface area (Å²) < 4.78 is 5.70. The third kappa shape index (κ3) is 5.84. The van der Waals surface area contributed by atoms with Gasteiger partial charge in [0.15, 0.2) is 5.96 Å². The Labute approximate surface area is 174 Å². The van der Waals surface area contributed by atoms with Crippen LogP contribution in [0.1, 0.15) is 50.0 Å². The molecule has 0 amide bonds. The normalized spacial score (nSPS) is 21.0. The maximum atomic E-state index is 6.20. The van der Waals surface area contributed by atoms with Crippen LogP contribution in [0.15, 0.2) is 9.41 Å². The van der Waals surface area contributed by atoms with Crippen molar-refractivity contribution >= 4 is 29.9 Å². The summed E-state index contributed by atoms with van der Waals surface area (Å²) in [5.41, 5.74) is 7.20. The Kier molecular flexibility index (Phi) is 8.19. The summed E-state index contributed by atoms with van der Waals surface area (Å²) in [4.78, 5) is 13.9. The van der Waals surface area contributed by atoms with Gasteiger partial charge in [0.1, 0.15) is 5.76 Å². The van der Waals surface area contributed by atoms with E-state index in [-0.39, 0.29) is 24.0 Å². The van der Waals surface area contributed by atoms with E-state index in [2.05, 4.69) is 21.7 Å². The zero-order chi connectivity index (χ0) is 17.8. The number of likely N-dealkylation sites (tertiary alicyclic amines) is 2. The molecule has 3 rings (SSSR count). The van der Waals surface area contributed by atoms with E-state index in [1.807, 2.05) is 13.8 Å². The third-order valence-corrected chi connectivity index (χ3v) is 5.76. The lowest BCUT2D eigenvalue weighted by atomic mass is 9.97. The lowest BCUT2D eigenvalue weighted by Crippen LogP contribution is -2.43. The molecule has 1 aromatic heterocycles. The van der Waals surface area contributed by atoms with Crippen molar-refractivity contribution in [2.24, 2.45) is 22.6 Å². The molecule has 2 aliphatic heterocycles. The number of piperidine rings is 2. The van der Waals surface area contributed by atoms with E-state index in [1.54, 1.807) is 0 Å². The van der Waals surface area contributed by atoms with E-state index >= 15 is 0 Å². The summed E-state index contributed by atoms with van der Waals surface area (Å²) >= 11 is 0. The Morgan fingerprint density at radius 1 is 1.15 bits per heavy atom. The van der Waals surface area contributed by atoms with Crippen LogP contribution in [0.25, 0.3) is 0 Å². The standard InChI is InChI=1S/C19H33N5O.HI/c1-14-4-10-24(11-5-14)19(20)21-12-17-6-8-23(9-7-17)13-18-22-15(2)16(3)25-18;/h14,17H,4-13H2,1-3H3,(H2,20,21);1H. The van der Waals surface area contributed by atoms with Crippen molar-refractivity contribution in [3.63, 3.8) is 0 Å². The number of aryl methyl sites for hydroxylation is 2. The second-order valence-corrected chi connectivity index (χ2v) is 7.84. The van der Waals surface area contributed by atoms with Crippen molar-refractivity contribution in [3.05, 3.63) is 17.3 Å². The largest absolute Gasteiger partial charge is 0.444 e. The van der Waals surface area contributed by atoms with Crippen LogP contribution in [0.5, 0.6) is 0 Å². The van der Waals surface area contributed by atoms with Crippen LogP contribution in [0.3, 0.4) is 0 Å². The van der Waals surface area contributed by atoms with Crippen LogP contribution in [0, 0.1) is 25.7 Å². The maximum Gasteiger partial charge on any atom is 0.208 e. The van der Waals surface area contributed by atoms with Gasteiger partial charge in [0.05, 0.1) is 12.2 Å². The molecule has 0 unspecified atom stereocenters. The van der Waals surface area contributed by atoms with Gasteiger partial charge in [0.2, 0.25) is 5.89 Å². The van der Waals surface area contributed by atoms with Crippen molar-refractivity contribution in [1.82, 2.24) is 14.8 Å². The predicted molar refractivity (Wildman–Crippen MR) is 116 cm³/mol. The molecule has 7 heteroatoms. The second kappa shape index (κ2) is 9.92. The molecule has 148 valence electrons.